The Labute approximate surface area is 77.7 Å². The highest BCUT2D eigenvalue weighted by atomic mass is 16.5. The van der Waals surface area contributed by atoms with E-state index >= 15 is 0 Å². The van der Waals surface area contributed by atoms with Crippen molar-refractivity contribution in [1.29, 1.82) is 0 Å². The molecule has 1 aliphatic heterocycles. The Balaban J connectivity index is 2.15. The Hall–Kier alpha value is -0.870. The summed E-state index contributed by atoms with van der Waals surface area (Å²) in [6.07, 6.45) is 4.86. The number of nitrogens with two attached hydrogens (primary N) is 1. The summed E-state index contributed by atoms with van der Waals surface area (Å²) >= 11 is 0. The molecule has 0 saturated carbocycles. The van der Waals surface area contributed by atoms with Crippen molar-refractivity contribution in [3.8, 4) is 0 Å². The van der Waals surface area contributed by atoms with Crippen LogP contribution in [0, 0.1) is 0 Å². The Morgan fingerprint density at radius 3 is 3.15 bits per heavy atom. The number of rotatable bonds is 2. The first-order valence-corrected chi connectivity index (χ1v) is 4.71. The van der Waals surface area contributed by atoms with Crippen molar-refractivity contribution in [3.63, 3.8) is 0 Å². The second kappa shape index (κ2) is 3.47. The van der Waals surface area contributed by atoms with Gasteiger partial charge in [-0.05, 0) is 13.3 Å². The fraction of sp³-hybridized carbons (Fsp3) is 0.667. The van der Waals surface area contributed by atoms with Crippen LogP contribution < -0.4 is 5.73 Å². The standard InChI is InChI=1S/C9H15N3O/c1-2-12-6-7(5-11-12)9-8(10)3-4-13-9/h5-6,8-9H,2-4,10H2,1H3/t8-,9+/m0/s1. The molecule has 0 unspecified atom stereocenters. The zero-order chi connectivity index (χ0) is 9.26. The molecule has 0 aromatic carbocycles. The normalized spacial score (nSPS) is 28.2. The molecule has 0 spiro atoms. The fourth-order valence-electron chi connectivity index (χ4n) is 1.65. The summed E-state index contributed by atoms with van der Waals surface area (Å²) in [5.74, 6) is 0. The maximum atomic E-state index is 5.90. The van der Waals surface area contributed by atoms with Crippen LogP contribution in [0.1, 0.15) is 25.0 Å². The minimum atomic E-state index is 0.0558. The monoisotopic (exact) mass is 181 g/mol. The van der Waals surface area contributed by atoms with Gasteiger partial charge in [-0.2, -0.15) is 5.10 Å². The Kier molecular flexibility index (Phi) is 2.33. The maximum absolute atomic E-state index is 5.90. The van der Waals surface area contributed by atoms with Crippen LogP contribution in [0.4, 0.5) is 0 Å². The molecule has 0 bridgehead atoms. The average molecular weight is 181 g/mol. The largest absolute Gasteiger partial charge is 0.372 e. The number of nitrogens with zero attached hydrogens (tertiary/aromatic N) is 2. The topological polar surface area (TPSA) is 53.1 Å². The van der Waals surface area contributed by atoms with Crippen molar-refractivity contribution in [2.45, 2.75) is 32.0 Å². The van der Waals surface area contributed by atoms with Gasteiger partial charge in [0.15, 0.2) is 0 Å². The predicted molar refractivity (Wildman–Crippen MR) is 49.2 cm³/mol. The van der Waals surface area contributed by atoms with Gasteiger partial charge in [-0.1, -0.05) is 0 Å². The number of hydrogen-bond donors (Lipinski definition) is 1. The van der Waals surface area contributed by atoms with E-state index in [2.05, 4.69) is 12.0 Å². The number of aryl methyl sites for hydroxylation is 1. The van der Waals surface area contributed by atoms with E-state index in [1.165, 1.54) is 0 Å². The maximum Gasteiger partial charge on any atom is 0.101 e. The summed E-state index contributed by atoms with van der Waals surface area (Å²) in [5.41, 5.74) is 7.00. The first-order chi connectivity index (χ1) is 6.31. The van der Waals surface area contributed by atoms with Gasteiger partial charge >= 0.3 is 0 Å². The third-order valence-corrected chi connectivity index (χ3v) is 2.44. The van der Waals surface area contributed by atoms with Gasteiger partial charge in [-0.15, -0.1) is 0 Å². The van der Waals surface area contributed by atoms with Crippen LogP contribution in [0.25, 0.3) is 0 Å². The molecule has 1 aromatic heterocycles. The van der Waals surface area contributed by atoms with Crippen LogP contribution >= 0.6 is 0 Å². The van der Waals surface area contributed by atoms with E-state index in [-0.39, 0.29) is 12.1 Å². The molecule has 2 heterocycles. The zero-order valence-electron chi connectivity index (χ0n) is 7.81. The van der Waals surface area contributed by atoms with Crippen molar-refractivity contribution in [2.75, 3.05) is 6.61 Å². The summed E-state index contributed by atoms with van der Waals surface area (Å²) < 4.78 is 7.42. The summed E-state index contributed by atoms with van der Waals surface area (Å²) in [6.45, 7) is 3.72. The van der Waals surface area contributed by atoms with Gasteiger partial charge in [0, 0.05) is 31.0 Å². The highest BCUT2D eigenvalue weighted by molar-refractivity contribution is 5.12. The minimum Gasteiger partial charge on any atom is -0.372 e. The lowest BCUT2D eigenvalue weighted by molar-refractivity contribution is 0.105. The van der Waals surface area contributed by atoms with Crippen molar-refractivity contribution in [1.82, 2.24) is 9.78 Å². The van der Waals surface area contributed by atoms with Crippen LogP contribution in [-0.2, 0) is 11.3 Å². The van der Waals surface area contributed by atoms with Crippen molar-refractivity contribution in [2.24, 2.45) is 5.73 Å². The molecule has 72 valence electrons. The number of ether oxygens (including phenoxy) is 1. The Morgan fingerprint density at radius 1 is 1.77 bits per heavy atom. The van der Waals surface area contributed by atoms with Crippen LogP contribution in [0.2, 0.25) is 0 Å². The molecule has 1 fully saturated rings. The molecule has 0 amide bonds. The van der Waals surface area contributed by atoms with E-state index in [1.807, 2.05) is 17.1 Å². The Bertz CT molecular complexity index is 284. The molecule has 13 heavy (non-hydrogen) atoms. The highest BCUT2D eigenvalue weighted by Gasteiger charge is 2.27. The summed E-state index contributed by atoms with van der Waals surface area (Å²) in [6, 6.07) is 0.134. The second-order valence-electron chi connectivity index (χ2n) is 3.37. The lowest BCUT2D eigenvalue weighted by Crippen LogP contribution is -2.23. The molecule has 1 aliphatic rings. The smallest absolute Gasteiger partial charge is 0.101 e. The molecule has 0 radical (unpaired) electrons. The molecular weight excluding hydrogens is 166 g/mol. The Morgan fingerprint density at radius 2 is 2.62 bits per heavy atom. The van der Waals surface area contributed by atoms with Crippen molar-refractivity contribution >= 4 is 0 Å². The van der Waals surface area contributed by atoms with Gasteiger partial charge in [0.05, 0.1) is 6.20 Å². The minimum absolute atomic E-state index is 0.0558. The van der Waals surface area contributed by atoms with E-state index < -0.39 is 0 Å². The van der Waals surface area contributed by atoms with Crippen LogP contribution in [0.15, 0.2) is 12.4 Å². The lowest BCUT2D eigenvalue weighted by Gasteiger charge is -2.11. The third kappa shape index (κ3) is 1.59. The van der Waals surface area contributed by atoms with Gasteiger partial charge in [-0.25, -0.2) is 0 Å². The average Bonchev–Trinajstić information content (AvgIpc) is 2.71. The number of aromatic nitrogens is 2. The molecule has 0 aliphatic carbocycles. The van der Waals surface area contributed by atoms with E-state index in [1.54, 1.807) is 0 Å². The zero-order valence-corrected chi connectivity index (χ0v) is 7.81. The SMILES string of the molecule is CCn1cc([C@H]2OCC[C@@H]2N)cn1. The molecular formula is C9H15N3O. The molecule has 4 nitrogen and oxygen atoms in total. The molecule has 2 N–H and O–H groups in total. The van der Waals surface area contributed by atoms with Gasteiger partial charge in [0.1, 0.15) is 6.10 Å². The van der Waals surface area contributed by atoms with Gasteiger partial charge < -0.3 is 10.5 Å². The van der Waals surface area contributed by atoms with Gasteiger partial charge in [0.25, 0.3) is 0 Å². The first kappa shape index (κ1) is 8.72. The third-order valence-electron chi connectivity index (χ3n) is 2.44. The van der Waals surface area contributed by atoms with Crippen molar-refractivity contribution in [3.05, 3.63) is 18.0 Å². The highest BCUT2D eigenvalue weighted by Crippen LogP contribution is 2.26. The van der Waals surface area contributed by atoms with Crippen LogP contribution in [-0.4, -0.2) is 22.4 Å². The molecule has 2 atom stereocenters. The molecule has 1 saturated heterocycles. The van der Waals surface area contributed by atoms with E-state index in [0.29, 0.717) is 0 Å². The van der Waals surface area contributed by atoms with E-state index in [0.717, 1.165) is 25.1 Å². The summed E-state index contributed by atoms with van der Waals surface area (Å²) in [4.78, 5) is 0. The lowest BCUT2D eigenvalue weighted by atomic mass is 10.1. The van der Waals surface area contributed by atoms with Crippen LogP contribution in [0.5, 0.6) is 0 Å². The summed E-state index contributed by atoms with van der Waals surface area (Å²) in [5, 5.41) is 4.19. The van der Waals surface area contributed by atoms with Crippen molar-refractivity contribution < 1.29 is 4.74 Å². The first-order valence-electron chi connectivity index (χ1n) is 4.71. The van der Waals surface area contributed by atoms with Crippen LogP contribution in [0.3, 0.4) is 0 Å². The quantitative estimate of drug-likeness (QED) is 0.730. The summed E-state index contributed by atoms with van der Waals surface area (Å²) in [7, 11) is 0. The molecule has 2 rings (SSSR count). The number of hydrogen-bond acceptors (Lipinski definition) is 3. The van der Waals surface area contributed by atoms with E-state index in [4.69, 9.17) is 10.5 Å². The van der Waals surface area contributed by atoms with E-state index in [9.17, 15) is 0 Å². The second-order valence-corrected chi connectivity index (χ2v) is 3.37. The van der Waals surface area contributed by atoms with Gasteiger partial charge in [0.2, 0.25) is 0 Å². The molecule has 1 aromatic rings. The molecule has 4 heteroatoms. The predicted octanol–water partition coefficient (Wildman–Crippen LogP) is 0.692. The fourth-order valence-corrected chi connectivity index (χ4v) is 1.65. The van der Waals surface area contributed by atoms with Gasteiger partial charge in [-0.3, -0.25) is 4.68 Å².